The Morgan fingerprint density at radius 1 is 1.24 bits per heavy atom. The smallest absolute Gasteiger partial charge is 0.307 e. The fourth-order valence-electron chi connectivity index (χ4n) is 2.60. The van der Waals surface area contributed by atoms with Crippen LogP contribution < -0.4 is 10.6 Å². The normalized spacial score (nSPS) is 10.8. The van der Waals surface area contributed by atoms with Gasteiger partial charge in [0, 0.05) is 32.3 Å². The molecule has 0 atom stereocenters. The summed E-state index contributed by atoms with van der Waals surface area (Å²) in [6.45, 7) is 2.24. The molecule has 0 aliphatic carbocycles. The molecule has 4 aromatic heterocycles. The van der Waals surface area contributed by atoms with Crippen molar-refractivity contribution in [2.45, 2.75) is 13.3 Å². The first-order chi connectivity index (χ1) is 14.1. The zero-order valence-electron chi connectivity index (χ0n) is 15.8. The van der Waals surface area contributed by atoms with Gasteiger partial charge in [0.05, 0.1) is 11.9 Å². The van der Waals surface area contributed by atoms with Crippen LogP contribution in [0.25, 0.3) is 11.4 Å². The molecular formula is C18H18N8O3. The Labute approximate surface area is 165 Å². The van der Waals surface area contributed by atoms with E-state index in [0.29, 0.717) is 30.3 Å². The van der Waals surface area contributed by atoms with Gasteiger partial charge in [-0.2, -0.15) is 5.10 Å². The van der Waals surface area contributed by atoms with Crippen molar-refractivity contribution in [1.82, 2.24) is 35.0 Å². The van der Waals surface area contributed by atoms with Crippen LogP contribution in [0.3, 0.4) is 0 Å². The van der Waals surface area contributed by atoms with Gasteiger partial charge in [0.25, 0.3) is 5.89 Å². The van der Waals surface area contributed by atoms with Crippen LogP contribution in [0.5, 0.6) is 0 Å². The van der Waals surface area contributed by atoms with Crippen LogP contribution in [0.4, 0.5) is 11.8 Å². The molecule has 4 aromatic rings. The highest BCUT2D eigenvalue weighted by Crippen LogP contribution is 2.22. The molecule has 11 nitrogen and oxygen atoms in total. The zero-order valence-corrected chi connectivity index (χ0v) is 15.8. The summed E-state index contributed by atoms with van der Waals surface area (Å²) in [6.07, 6.45) is 8.17. The molecule has 29 heavy (non-hydrogen) atoms. The number of rotatable bonds is 7. The minimum absolute atomic E-state index is 0.0423. The largest absolute Gasteiger partial charge is 0.451 e. The summed E-state index contributed by atoms with van der Waals surface area (Å²) < 4.78 is 11.9. The van der Waals surface area contributed by atoms with E-state index < -0.39 is 5.91 Å². The van der Waals surface area contributed by atoms with Crippen LogP contribution in [0.1, 0.15) is 21.9 Å². The van der Waals surface area contributed by atoms with Gasteiger partial charge in [-0.1, -0.05) is 0 Å². The highest BCUT2D eigenvalue weighted by atomic mass is 16.4. The van der Waals surface area contributed by atoms with E-state index in [-0.39, 0.29) is 5.89 Å². The Hall–Kier alpha value is -4.02. The number of carbonyl (C=O) groups is 1. The predicted octanol–water partition coefficient (Wildman–Crippen LogP) is 1.88. The van der Waals surface area contributed by atoms with E-state index in [9.17, 15) is 4.79 Å². The van der Waals surface area contributed by atoms with Crippen LogP contribution in [0.15, 0.2) is 46.2 Å². The number of nitrogens with one attached hydrogen (secondary N) is 2. The SMILES string of the molecule is Cc1cnc(Nc2ccnn2C)nc1-c1coc(C(=O)NCCc2cocn2)n1. The lowest BCUT2D eigenvalue weighted by molar-refractivity contribution is 0.0919. The van der Waals surface area contributed by atoms with Gasteiger partial charge >= 0.3 is 5.91 Å². The van der Waals surface area contributed by atoms with Crippen molar-refractivity contribution < 1.29 is 13.6 Å². The van der Waals surface area contributed by atoms with Gasteiger partial charge in [0.2, 0.25) is 5.95 Å². The third-order valence-electron chi connectivity index (χ3n) is 4.12. The molecule has 148 valence electrons. The number of hydrogen-bond acceptors (Lipinski definition) is 9. The van der Waals surface area contributed by atoms with E-state index in [1.807, 2.05) is 14.0 Å². The summed E-state index contributed by atoms with van der Waals surface area (Å²) >= 11 is 0. The molecule has 0 aliphatic heterocycles. The minimum Gasteiger partial charge on any atom is -0.451 e. The fraction of sp³-hybridized carbons (Fsp3) is 0.222. The highest BCUT2D eigenvalue weighted by Gasteiger charge is 2.17. The number of hydrogen-bond donors (Lipinski definition) is 2. The lowest BCUT2D eigenvalue weighted by atomic mass is 10.2. The summed E-state index contributed by atoms with van der Waals surface area (Å²) in [5.41, 5.74) is 2.56. The molecule has 0 radical (unpaired) electrons. The van der Waals surface area contributed by atoms with E-state index in [1.54, 1.807) is 23.1 Å². The molecule has 0 aliphatic rings. The van der Waals surface area contributed by atoms with Crippen LogP contribution in [-0.2, 0) is 13.5 Å². The molecule has 0 saturated heterocycles. The maximum Gasteiger partial charge on any atom is 0.307 e. The minimum atomic E-state index is -0.417. The van der Waals surface area contributed by atoms with E-state index in [1.165, 1.54) is 18.9 Å². The second kappa shape index (κ2) is 7.92. The van der Waals surface area contributed by atoms with Gasteiger partial charge in [0.1, 0.15) is 29.7 Å². The molecule has 0 fully saturated rings. The Bertz CT molecular complexity index is 1120. The van der Waals surface area contributed by atoms with Crippen molar-refractivity contribution in [3.05, 3.63) is 54.5 Å². The van der Waals surface area contributed by atoms with Gasteiger partial charge < -0.3 is 19.5 Å². The van der Waals surface area contributed by atoms with Gasteiger partial charge in [0.15, 0.2) is 6.39 Å². The monoisotopic (exact) mass is 394 g/mol. The Balaban J connectivity index is 1.46. The second-order valence-electron chi connectivity index (χ2n) is 6.21. The highest BCUT2D eigenvalue weighted by molar-refractivity contribution is 5.90. The van der Waals surface area contributed by atoms with Gasteiger partial charge in [-0.05, 0) is 12.5 Å². The molecule has 4 heterocycles. The molecule has 1 amide bonds. The predicted molar refractivity (Wildman–Crippen MR) is 101 cm³/mol. The second-order valence-corrected chi connectivity index (χ2v) is 6.21. The van der Waals surface area contributed by atoms with Crippen molar-refractivity contribution in [2.24, 2.45) is 7.05 Å². The lowest BCUT2D eigenvalue weighted by Gasteiger charge is -2.07. The lowest BCUT2D eigenvalue weighted by Crippen LogP contribution is -2.26. The van der Waals surface area contributed by atoms with Crippen molar-refractivity contribution >= 4 is 17.7 Å². The Kier molecular flexibility index (Phi) is 5.01. The van der Waals surface area contributed by atoms with Gasteiger partial charge in [-0.15, -0.1) is 0 Å². The molecule has 0 saturated carbocycles. The average molecular weight is 394 g/mol. The van der Waals surface area contributed by atoms with Gasteiger partial charge in [-0.3, -0.25) is 9.48 Å². The van der Waals surface area contributed by atoms with Crippen molar-refractivity contribution in [2.75, 3.05) is 11.9 Å². The molecular weight excluding hydrogens is 376 g/mol. The molecule has 4 rings (SSSR count). The number of anilines is 2. The number of oxazole rings is 2. The average Bonchev–Trinajstić information content (AvgIpc) is 3.46. The standard InChI is InChI=1S/C18H18N8O3/c1-11-7-20-18(24-14-4-6-22-26(14)2)25-15(11)13-9-29-17(23-13)16(27)19-5-3-12-8-28-10-21-12/h4,6-10H,3,5H2,1-2H3,(H,19,27)(H,20,24,25). The van der Waals surface area contributed by atoms with Crippen molar-refractivity contribution in [1.29, 1.82) is 0 Å². The maximum absolute atomic E-state index is 12.3. The topological polar surface area (TPSA) is 137 Å². The first-order valence-corrected chi connectivity index (χ1v) is 8.80. The first kappa shape index (κ1) is 18.3. The Morgan fingerprint density at radius 2 is 2.14 bits per heavy atom. The third kappa shape index (κ3) is 4.13. The van der Waals surface area contributed by atoms with E-state index >= 15 is 0 Å². The zero-order chi connectivity index (χ0) is 20.2. The summed E-state index contributed by atoms with van der Waals surface area (Å²) in [6, 6.07) is 1.81. The summed E-state index contributed by atoms with van der Waals surface area (Å²) in [4.78, 5) is 29.3. The number of nitrogens with zero attached hydrogens (tertiary/aromatic N) is 6. The number of aryl methyl sites for hydroxylation is 2. The van der Waals surface area contributed by atoms with E-state index in [2.05, 4.69) is 35.7 Å². The third-order valence-corrected chi connectivity index (χ3v) is 4.12. The van der Waals surface area contributed by atoms with Crippen molar-refractivity contribution in [3.8, 4) is 11.4 Å². The molecule has 0 unspecified atom stereocenters. The van der Waals surface area contributed by atoms with E-state index in [0.717, 1.165) is 17.1 Å². The summed E-state index contributed by atoms with van der Waals surface area (Å²) in [5, 5.41) is 9.91. The number of carbonyl (C=O) groups excluding carboxylic acids is 1. The van der Waals surface area contributed by atoms with Crippen LogP contribution >= 0.6 is 0 Å². The van der Waals surface area contributed by atoms with Crippen molar-refractivity contribution in [3.63, 3.8) is 0 Å². The van der Waals surface area contributed by atoms with E-state index in [4.69, 9.17) is 8.83 Å². The fourth-order valence-corrected chi connectivity index (χ4v) is 2.60. The molecule has 0 spiro atoms. The number of amides is 1. The quantitative estimate of drug-likeness (QED) is 0.481. The first-order valence-electron chi connectivity index (χ1n) is 8.80. The van der Waals surface area contributed by atoms with Crippen LogP contribution in [0, 0.1) is 6.92 Å². The molecule has 11 heteroatoms. The summed E-state index contributed by atoms with van der Waals surface area (Å²) in [5.74, 6) is 0.668. The van der Waals surface area contributed by atoms with Crippen LogP contribution in [0.2, 0.25) is 0 Å². The molecule has 2 N–H and O–H groups in total. The van der Waals surface area contributed by atoms with Crippen LogP contribution in [-0.4, -0.2) is 42.2 Å². The van der Waals surface area contributed by atoms with Gasteiger partial charge in [-0.25, -0.2) is 19.9 Å². The number of aromatic nitrogens is 6. The molecule has 0 bridgehead atoms. The Morgan fingerprint density at radius 3 is 2.90 bits per heavy atom. The maximum atomic E-state index is 12.3. The summed E-state index contributed by atoms with van der Waals surface area (Å²) in [7, 11) is 1.81. The molecule has 0 aromatic carbocycles.